The molecule has 0 aliphatic heterocycles. The Hall–Kier alpha value is -7.56. The highest BCUT2D eigenvalue weighted by atomic mass is 15.0. The lowest BCUT2D eigenvalue weighted by Crippen LogP contribution is -2.10. The van der Waals surface area contributed by atoms with Gasteiger partial charge in [0.15, 0.2) is 5.82 Å². The Morgan fingerprint density at radius 2 is 0.639 bits per heavy atom. The van der Waals surface area contributed by atoms with Crippen LogP contribution in [0.1, 0.15) is 105 Å². The largest absolute Gasteiger partial charge is 0.309 e. The van der Waals surface area contributed by atoms with E-state index in [2.05, 4.69) is 274 Å². The van der Waals surface area contributed by atoms with E-state index in [1.165, 1.54) is 65.9 Å². The Morgan fingerprint density at radius 1 is 0.292 bits per heavy atom. The molecular formula is C68H66N4. The first-order valence-corrected chi connectivity index (χ1v) is 25.7. The molecule has 4 heteroatoms. The minimum absolute atomic E-state index is 0.0125. The maximum atomic E-state index is 5.38. The molecule has 0 atom stereocenters. The van der Waals surface area contributed by atoms with E-state index in [0.29, 0.717) is 5.82 Å². The first kappa shape index (κ1) is 46.8. The van der Waals surface area contributed by atoms with Crippen LogP contribution in [0.4, 0.5) is 0 Å². The Balaban J connectivity index is 1.24. The van der Waals surface area contributed by atoms with Crippen LogP contribution in [0.2, 0.25) is 0 Å². The van der Waals surface area contributed by atoms with E-state index in [9.17, 15) is 0 Å². The molecule has 0 radical (unpaired) electrons. The van der Waals surface area contributed by atoms with E-state index >= 15 is 0 Å². The number of para-hydroxylation sites is 1. The highest BCUT2D eigenvalue weighted by molar-refractivity contribution is 6.12. The molecule has 11 aromatic rings. The quantitative estimate of drug-likeness (QED) is 0.167. The van der Waals surface area contributed by atoms with Gasteiger partial charge >= 0.3 is 0 Å². The van der Waals surface area contributed by atoms with Crippen molar-refractivity contribution < 1.29 is 0 Å². The molecular weight excluding hydrogens is 873 g/mol. The molecule has 72 heavy (non-hydrogen) atoms. The maximum Gasteiger partial charge on any atom is 0.160 e. The second-order valence-corrected chi connectivity index (χ2v) is 24.0. The number of hydrogen-bond acceptors (Lipinski definition) is 2. The smallest absolute Gasteiger partial charge is 0.160 e. The third-order valence-electron chi connectivity index (χ3n) is 14.8. The fourth-order valence-corrected chi connectivity index (χ4v) is 10.5. The average molecular weight is 939 g/mol. The number of fused-ring (bicyclic) bond motifs is 6. The van der Waals surface area contributed by atoms with Crippen LogP contribution in [0.5, 0.6) is 0 Å². The monoisotopic (exact) mass is 939 g/mol. The zero-order valence-electron chi connectivity index (χ0n) is 44.1. The van der Waals surface area contributed by atoms with E-state index < -0.39 is 0 Å². The van der Waals surface area contributed by atoms with Crippen LogP contribution in [0.25, 0.3) is 100 Å². The molecule has 3 aromatic heterocycles. The molecule has 0 spiro atoms. The van der Waals surface area contributed by atoms with Crippen LogP contribution in [-0.2, 0) is 21.7 Å². The summed E-state index contributed by atoms with van der Waals surface area (Å²) >= 11 is 0. The molecule has 0 fully saturated rings. The van der Waals surface area contributed by atoms with Gasteiger partial charge in [0.2, 0.25) is 0 Å². The molecule has 0 aliphatic carbocycles. The fraction of sp³-hybridized carbons (Fsp3) is 0.235. The van der Waals surface area contributed by atoms with E-state index in [-0.39, 0.29) is 21.7 Å². The van der Waals surface area contributed by atoms with Gasteiger partial charge in [0, 0.05) is 49.4 Å². The standard InChI is InChI=1S/C68H66N4/c1-65(2,3)46-28-33-60-52(38-46)53-39-47(66(4,5)6)29-34-61(53)71(60)58-26-20-19-25-50(58)51-37-45(64-69-56(43-21-15-13-16-22-43)42-57(70-64)44-23-17-14-18-24-44)27-32-59(51)72-62-35-30-48(67(7,8)9)40-54(62)55-41-49(68(10,11)12)31-36-63(55)72/h13-42H,1-12H3. The van der Waals surface area contributed by atoms with Crippen molar-refractivity contribution in [2.24, 2.45) is 0 Å². The van der Waals surface area contributed by atoms with Crippen LogP contribution in [-0.4, -0.2) is 19.1 Å². The molecule has 0 unspecified atom stereocenters. The topological polar surface area (TPSA) is 35.6 Å². The second-order valence-electron chi connectivity index (χ2n) is 24.0. The van der Waals surface area contributed by atoms with Gasteiger partial charge in [-0.1, -0.05) is 186 Å². The summed E-state index contributed by atoms with van der Waals surface area (Å²) in [4.78, 5) is 10.8. The summed E-state index contributed by atoms with van der Waals surface area (Å²) < 4.78 is 5.01. The predicted octanol–water partition coefficient (Wildman–Crippen LogP) is 18.5. The van der Waals surface area contributed by atoms with Crippen LogP contribution in [0.15, 0.2) is 182 Å². The molecule has 4 nitrogen and oxygen atoms in total. The third kappa shape index (κ3) is 8.31. The Kier molecular flexibility index (Phi) is 11.1. The van der Waals surface area contributed by atoms with Gasteiger partial charge in [-0.15, -0.1) is 0 Å². The minimum atomic E-state index is -0.0213. The Labute approximate surface area is 426 Å². The van der Waals surface area contributed by atoms with Crippen molar-refractivity contribution in [1.82, 2.24) is 19.1 Å². The van der Waals surface area contributed by atoms with Gasteiger partial charge in [0.25, 0.3) is 0 Å². The number of benzene rings is 8. The van der Waals surface area contributed by atoms with Gasteiger partial charge in [0.05, 0.1) is 44.8 Å². The van der Waals surface area contributed by atoms with Crippen molar-refractivity contribution in [2.75, 3.05) is 0 Å². The summed E-state index contributed by atoms with van der Waals surface area (Å²) in [6.45, 7) is 27.7. The average Bonchev–Trinajstić information content (AvgIpc) is 3.87. The molecule has 0 saturated heterocycles. The third-order valence-corrected chi connectivity index (χ3v) is 14.8. The summed E-state index contributed by atoms with van der Waals surface area (Å²) in [5.41, 5.74) is 19.1. The lowest BCUT2D eigenvalue weighted by Gasteiger charge is -2.21. The summed E-state index contributed by atoms with van der Waals surface area (Å²) in [6, 6.07) is 67.4. The fourth-order valence-electron chi connectivity index (χ4n) is 10.5. The van der Waals surface area contributed by atoms with Crippen LogP contribution >= 0.6 is 0 Å². The predicted molar refractivity (Wildman–Crippen MR) is 307 cm³/mol. The normalized spacial score (nSPS) is 12.7. The van der Waals surface area contributed by atoms with E-state index in [4.69, 9.17) is 9.97 Å². The molecule has 3 heterocycles. The van der Waals surface area contributed by atoms with Gasteiger partial charge in [0.1, 0.15) is 0 Å². The van der Waals surface area contributed by atoms with Crippen molar-refractivity contribution in [1.29, 1.82) is 0 Å². The zero-order valence-corrected chi connectivity index (χ0v) is 44.1. The van der Waals surface area contributed by atoms with Gasteiger partial charge in [-0.3, -0.25) is 0 Å². The van der Waals surface area contributed by atoms with Crippen molar-refractivity contribution in [3.8, 4) is 56.4 Å². The Morgan fingerprint density at radius 3 is 1.01 bits per heavy atom. The number of hydrogen-bond donors (Lipinski definition) is 0. The maximum absolute atomic E-state index is 5.38. The van der Waals surface area contributed by atoms with Gasteiger partial charge < -0.3 is 9.13 Å². The lowest BCUT2D eigenvalue weighted by molar-refractivity contribution is 0.590. The van der Waals surface area contributed by atoms with Crippen molar-refractivity contribution in [2.45, 2.75) is 105 Å². The molecule has 358 valence electrons. The van der Waals surface area contributed by atoms with Crippen molar-refractivity contribution in [3.63, 3.8) is 0 Å². The molecule has 0 N–H and O–H groups in total. The highest BCUT2D eigenvalue weighted by Crippen LogP contribution is 2.45. The van der Waals surface area contributed by atoms with Crippen LogP contribution < -0.4 is 0 Å². The summed E-state index contributed by atoms with van der Waals surface area (Å²) in [7, 11) is 0. The number of aromatic nitrogens is 4. The summed E-state index contributed by atoms with van der Waals surface area (Å²) in [5.74, 6) is 0.675. The van der Waals surface area contributed by atoms with E-state index in [1.54, 1.807) is 0 Å². The molecule has 11 rings (SSSR count). The minimum Gasteiger partial charge on any atom is -0.309 e. The second kappa shape index (κ2) is 17.1. The molecule has 8 aromatic carbocycles. The summed E-state index contributed by atoms with van der Waals surface area (Å²) in [6.07, 6.45) is 0. The molecule has 0 bridgehead atoms. The number of nitrogens with zero attached hydrogens (tertiary/aromatic N) is 4. The van der Waals surface area contributed by atoms with Gasteiger partial charge in [-0.05, 0) is 123 Å². The lowest BCUT2D eigenvalue weighted by atomic mass is 9.85. The van der Waals surface area contributed by atoms with Gasteiger partial charge in [-0.2, -0.15) is 0 Å². The Bertz CT molecular complexity index is 3680. The van der Waals surface area contributed by atoms with E-state index in [0.717, 1.165) is 50.6 Å². The highest BCUT2D eigenvalue weighted by Gasteiger charge is 2.26. The first-order chi connectivity index (χ1) is 34.2. The zero-order chi connectivity index (χ0) is 50.5. The van der Waals surface area contributed by atoms with Gasteiger partial charge in [-0.25, -0.2) is 9.97 Å². The molecule has 0 aliphatic rings. The SMILES string of the molecule is CC(C)(C)c1ccc2c(c1)c1cc(C(C)(C)C)ccc1n2-c1ccccc1-c1cc(-c2nc(-c3ccccc3)cc(-c3ccccc3)n2)ccc1-n1c2ccc(C(C)(C)C)cc2c2cc(C(C)(C)C)ccc21. The van der Waals surface area contributed by atoms with Crippen molar-refractivity contribution >= 4 is 43.6 Å². The molecule has 0 amide bonds. The van der Waals surface area contributed by atoms with E-state index in [1.807, 2.05) is 0 Å². The number of rotatable bonds is 6. The van der Waals surface area contributed by atoms with Crippen molar-refractivity contribution in [3.05, 3.63) is 204 Å². The van der Waals surface area contributed by atoms with Crippen LogP contribution in [0.3, 0.4) is 0 Å². The summed E-state index contributed by atoms with van der Waals surface area (Å²) in [5, 5.41) is 5.03. The first-order valence-electron chi connectivity index (χ1n) is 25.7. The molecule has 0 saturated carbocycles. The van der Waals surface area contributed by atoms with Crippen LogP contribution in [0, 0.1) is 0 Å².